The first kappa shape index (κ1) is 22.2. The van der Waals surface area contributed by atoms with Gasteiger partial charge in [0.1, 0.15) is 0 Å². The zero-order valence-corrected chi connectivity index (χ0v) is 18.3. The van der Waals surface area contributed by atoms with Gasteiger partial charge >= 0.3 is 5.97 Å². The Bertz CT molecular complexity index is 1330. The number of benzene rings is 4. The van der Waals surface area contributed by atoms with E-state index in [4.69, 9.17) is 4.74 Å². The molecule has 4 rings (SSSR count). The van der Waals surface area contributed by atoms with Crippen LogP contribution in [0.3, 0.4) is 0 Å². The Morgan fingerprint density at radius 1 is 0.879 bits per heavy atom. The molecule has 1 unspecified atom stereocenters. The molecule has 0 saturated carbocycles. The molecule has 0 amide bonds. The molecule has 1 N–H and O–H groups in total. The minimum atomic E-state index is -2.17. The number of esters is 1. The molecule has 4 aromatic rings. The Morgan fingerprint density at radius 2 is 1.52 bits per heavy atom. The fourth-order valence-corrected chi connectivity index (χ4v) is 4.06. The fraction of sp³-hybridized carbons (Fsp3) is 0.148. The van der Waals surface area contributed by atoms with E-state index in [1.54, 1.807) is 98.8 Å². The van der Waals surface area contributed by atoms with Crippen LogP contribution in [0.1, 0.15) is 25.0 Å². The molecule has 4 aromatic carbocycles. The third-order valence-electron chi connectivity index (χ3n) is 5.52. The van der Waals surface area contributed by atoms with Crippen molar-refractivity contribution < 1.29 is 19.6 Å². The molecule has 0 heterocycles. The highest BCUT2D eigenvalue weighted by molar-refractivity contribution is 5.99. The van der Waals surface area contributed by atoms with Gasteiger partial charge in [-0.1, -0.05) is 78.9 Å². The van der Waals surface area contributed by atoms with Gasteiger partial charge in [-0.15, -0.1) is 0 Å². The third-order valence-corrected chi connectivity index (χ3v) is 5.52. The Labute approximate surface area is 191 Å². The molecule has 1 atom stereocenters. The summed E-state index contributed by atoms with van der Waals surface area (Å²) in [4.78, 5) is 25.0. The van der Waals surface area contributed by atoms with E-state index >= 15 is 0 Å². The van der Waals surface area contributed by atoms with Crippen LogP contribution in [-0.4, -0.2) is 22.1 Å². The minimum absolute atomic E-state index is 0.0896. The first-order chi connectivity index (χ1) is 15.8. The third kappa shape index (κ3) is 3.97. The second kappa shape index (κ2) is 8.84. The maximum Gasteiger partial charge on any atom is 0.347 e. The predicted octanol–water partition coefficient (Wildman–Crippen LogP) is 5.60. The fourth-order valence-electron chi connectivity index (χ4n) is 4.06. The summed E-state index contributed by atoms with van der Waals surface area (Å²) < 4.78 is 5.44. The van der Waals surface area contributed by atoms with Gasteiger partial charge in [0.15, 0.2) is 0 Å². The Hall–Kier alpha value is -4.03. The van der Waals surface area contributed by atoms with Gasteiger partial charge in [0, 0.05) is 5.56 Å². The lowest BCUT2D eigenvalue weighted by Gasteiger charge is -2.30. The van der Waals surface area contributed by atoms with Crippen LogP contribution in [0.4, 0.5) is 5.69 Å². The van der Waals surface area contributed by atoms with Crippen molar-refractivity contribution in [1.29, 1.82) is 0 Å². The number of ether oxygens (including phenoxy) is 1. The molecule has 6 nitrogen and oxygen atoms in total. The van der Waals surface area contributed by atoms with E-state index in [1.165, 1.54) is 0 Å². The average Bonchev–Trinajstić information content (AvgIpc) is 2.82. The summed E-state index contributed by atoms with van der Waals surface area (Å²) in [7, 11) is 0. The summed E-state index contributed by atoms with van der Waals surface area (Å²) >= 11 is 0. The summed E-state index contributed by atoms with van der Waals surface area (Å²) in [5.74, 6) is -0.848. The minimum Gasteiger partial charge on any atom is -0.460 e. The van der Waals surface area contributed by atoms with Crippen LogP contribution >= 0.6 is 0 Å². The molecule has 0 aromatic heterocycles. The highest BCUT2D eigenvalue weighted by Crippen LogP contribution is 2.43. The van der Waals surface area contributed by atoms with E-state index in [0.717, 1.165) is 5.39 Å². The van der Waals surface area contributed by atoms with Crippen LogP contribution in [0.5, 0.6) is 0 Å². The van der Waals surface area contributed by atoms with Gasteiger partial charge in [-0.2, -0.15) is 0 Å². The van der Waals surface area contributed by atoms with Gasteiger partial charge in [0.25, 0.3) is 5.69 Å². The molecule has 0 saturated heterocycles. The number of carbonyl (C=O) groups is 1. The van der Waals surface area contributed by atoms with Crippen molar-refractivity contribution in [3.05, 3.63) is 112 Å². The molecule has 6 heteroatoms. The van der Waals surface area contributed by atoms with Crippen LogP contribution in [0.2, 0.25) is 0 Å². The normalized spacial score (nSPS) is 13.0. The highest BCUT2D eigenvalue weighted by Gasteiger charge is 2.44. The van der Waals surface area contributed by atoms with Crippen molar-refractivity contribution in [1.82, 2.24) is 0 Å². The standard InChI is InChI=1S/C27H23NO5/c1-18(2)33-26(29)27(30,20-11-4-3-5-12-20)24-15-9-8-14-22(24)23-17-16-19-10-6-7-13-21(19)25(23)28(31)32/h3-18,30H,1-2H3. The first-order valence-electron chi connectivity index (χ1n) is 10.6. The number of nitro benzene ring substituents is 1. The van der Waals surface area contributed by atoms with E-state index in [1.807, 2.05) is 6.07 Å². The molecule has 0 bridgehead atoms. The Morgan fingerprint density at radius 3 is 2.21 bits per heavy atom. The van der Waals surface area contributed by atoms with E-state index < -0.39 is 22.6 Å². The molecule has 0 aliphatic rings. The van der Waals surface area contributed by atoms with Gasteiger partial charge in [-0.05, 0) is 42.5 Å². The van der Waals surface area contributed by atoms with Gasteiger partial charge in [0.2, 0.25) is 5.60 Å². The van der Waals surface area contributed by atoms with E-state index in [9.17, 15) is 20.0 Å². The summed E-state index contributed by atoms with van der Waals surface area (Å²) in [5.41, 5.74) is -1.05. The van der Waals surface area contributed by atoms with Crippen molar-refractivity contribution in [3.8, 4) is 11.1 Å². The first-order valence-corrected chi connectivity index (χ1v) is 10.6. The lowest BCUT2D eigenvalue weighted by atomic mass is 9.81. The number of hydrogen-bond acceptors (Lipinski definition) is 5. The smallest absolute Gasteiger partial charge is 0.347 e. The van der Waals surface area contributed by atoms with Gasteiger partial charge < -0.3 is 9.84 Å². The monoisotopic (exact) mass is 441 g/mol. The zero-order chi connectivity index (χ0) is 23.6. The van der Waals surface area contributed by atoms with Crippen LogP contribution in [0.25, 0.3) is 21.9 Å². The molecule has 0 aliphatic heterocycles. The van der Waals surface area contributed by atoms with Gasteiger partial charge in [-0.25, -0.2) is 4.79 Å². The SMILES string of the molecule is CC(C)OC(=O)C(O)(c1ccccc1)c1ccccc1-c1ccc2ccccc2c1[N+](=O)[O-]. The van der Waals surface area contributed by atoms with E-state index in [2.05, 4.69) is 0 Å². The Balaban J connectivity index is 2.03. The van der Waals surface area contributed by atoms with Crippen LogP contribution in [0.15, 0.2) is 91.0 Å². The topological polar surface area (TPSA) is 89.7 Å². The lowest BCUT2D eigenvalue weighted by Crippen LogP contribution is -2.40. The van der Waals surface area contributed by atoms with Crippen molar-refractivity contribution in [2.45, 2.75) is 25.6 Å². The number of hydrogen-bond donors (Lipinski definition) is 1. The lowest BCUT2D eigenvalue weighted by molar-refractivity contribution is -0.382. The molecular weight excluding hydrogens is 418 g/mol. The molecule has 33 heavy (non-hydrogen) atoms. The van der Waals surface area contributed by atoms with E-state index in [0.29, 0.717) is 22.1 Å². The summed E-state index contributed by atoms with van der Waals surface area (Å²) in [6, 6.07) is 25.6. The zero-order valence-electron chi connectivity index (χ0n) is 18.3. The van der Waals surface area contributed by atoms with Crippen LogP contribution in [0, 0.1) is 10.1 Å². The maximum absolute atomic E-state index is 13.3. The maximum atomic E-state index is 13.3. The Kier molecular flexibility index (Phi) is 5.94. The summed E-state index contributed by atoms with van der Waals surface area (Å²) in [6.45, 7) is 3.40. The van der Waals surface area contributed by atoms with Gasteiger partial charge in [-0.3, -0.25) is 10.1 Å². The van der Waals surface area contributed by atoms with Crippen molar-refractivity contribution >= 4 is 22.4 Å². The number of carbonyl (C=O) groups excluding carboxylic acids is 1. The second-order valence-corrected chi connectivity index (χ2v) is 8.02. The summed E-state index contributed by atoms with van der Waals surface area (Å²) in [6.07, 6.45) is -0.463. The summed E-state index contributed by atoms with van der Waals surface area (Å²) in [5, 5.41) is 25.3. The molecule has 166 valence electrons. The van der Waals surface area contributed by atoms with Crippen molar-refractivity contribution in [2.75, 3.05) is 0 Å². The molecule has 0 spiro atoms. The number of nitro groups is 1. The number of nitrogens with zero attached hydrogens (tertiary/aromatic N) is 1. The van der Waals surface area contributed by atoms with Crippen LogP contribution in [-0.2, 0) is 15.1 Å². The molecular formula is C27H23NO5. The van der Waals surface area contributed by atoms with Crippen molar-refractivity contribution in [3.63, 3.8) is 0 Å². The number of rotatable bonds is 6. The van der Waals surface area contributed by atoms with E-state index in [-0.39, 0.29) is 11.3 Å². The van der Waals surface area contributed by atoms with Gasteiger partial charge in [0.05, 0.1) is 22.0 Å². The van der Waals surface area contributed by atoms with Crippen molar-refractivity contribution in [2.24, 2.45) is 0 Å². The van der Waals surface area contributed by atoms with Crippen LogP contribution < -0.4 is 0 Å². The molecule has 0 fully saturated rings. The number of fused-ring (bicyclic) bond motifs is 1. The highest BCUT2D eigenvalue weighted by atomic mass is 16.6. The molecule has 0 radical (unpaired) electrons. The number of aliphatic hydroxyl groups is 1. The predicted molar refractivity (Wildman–Crippen MR) is 127 cm³/mol. The molecule has 0 aliphatic carbocycles. The largest absolute Gasteiger partial charge is 0.460 e. The average molecular weight is 441 g/mol. The quantitative estimate of drug-likeness (QED) is 0.239. The second-order valence-electron chi connectivity index (χ2n) is 8.02.